The van der Waals surface area contributed by atoms with Gasteiger partial charge in [0, 0.05) is 12.5 Å². The van der Waals surface area contributed by atoms with Crippen molar-refractivity contribution in [3.8, 4) is 0 Å². The van der Waals surface area contributed by atoms with E-state index >= 15 is 0 Å². The predicted octanol–water partition coefficient (Wildman–Crippen LogP) is 4.05. The molecule has 26 heavy (non-hydrogen) atoms. The summed E-state index contributed by atoms with van der Waals surface area (Å²) in [5.41, 5.74) is 1.23. The van der Waals surface area contributed by atoms with Crippen LogP contribution < -0.4 is 5.43 Å². The molecule has 3 aromatic rings. The maximum atomic E-state index is 12.4. The predicted molar refractivity (Wildman–Crippen MR) is 97.9 cm³/mol. The van der Waals surface area contributed by atoms with Gasteiger partial charge in [-0.05, 0) is 36.2 Å². The van der Waals surface area contributed by atoms with Crippen LogP contribution in [0.4, 0.5) is 0 Å². The molecule has 0 bridgehead atoms. The van der Waals surface area contributed by atoms with Gasteiger partial charge >= 0.3 is 5.97 Å². The molecular weight excluding hydrogens is 356 g/mol. The van der Waals surface area contributed by atoms with Crippen molar-refractivity contribution in [2.45, 2.75) is 12.8 Å². The van der Waals surface area contributed by atoms with Gasteiger partial charge in [-0.1, -0.05) is 29.8 Å². The Morgan fingerprint density at radius 3 is 2.54 bits per heavy atom. The number of Topliss-reactive ketones (excluding diaryl/α,β-unsaturated/α-hetero) is 1. The summed E-state index contributed by atoms with van der Waals surface area (Å²) in [7, 11) is 1.32. The highest BCUT2D eigenvalue weighted by molar-refractivity contribution is 6.34. The Kier molecular flexibility index (Phi) is 5.19. The van der Waals surface area contributed by atoms with E-state index in [1.165, 1.54) is 13.2 Å². The molecule has 0 amide bonds. The molecule has 0 N–H and O–H groups in total. The Morgan fingerprint density at radius 1 is 1.12 bits per heavy atom. The topological polar surface area (TPSA) is 73.6 Å². The second-order valence-electron chi connectivity index (χ2n) is 5.70. The van der Waals surface area contributed by atoms with E-state index in [1.54, 1.807) is 42.5 Å². The molecule has 0 fully saturated rings. The maximum absolute atomic E-state index is 12.4. The van der Waals surface area contributed by atoms with E-state index in [0.717, 1.165) is 5.56 Å². The molecule has 0 aliphatic rings. The maximum Gasteiger partial charge on any atom is 0.337 e. The Bertz CT molecular complexity index is 1030. The van der Waals surface area contributed by atoms with E-state index in [9.17, 15) is 14.4 Å². The van der Waals surface area contributed by atoms with Gasteiger partial charge in [-0.2, -0.15) is 0 Å². The van der Waals surface area contributed by atoms with Gasteiger partial charge in [0.25, 0.3) is 0 Å². The minimum Gasteiger partial charge on any atom is -0.465 e. The summed E-state index contributed by atoms with van der Waals surface area (Å²) in [4.78, 5) is 36.0. The first-order chi connectivity index (χ1) is 12.5. The number of rotatable bonds is 5. The fraction of sp³-hybridized carbons (Fsp3) is 0.150. The van der Waals surface area contributed by atoms with Crippen molar-refractivity contribution in [3.05, 3.63) is 80.7 Å². The van der Waals surface area contributed by atoms with Gasteiger partial charge in [-0.3, -0.25) is 9.59 Å². The minimum atomic E-state index is -0.414. The number of fused-ring (bicyclic) bond motifs is 1. The van der Waals surface area contributed by atoms with Crippen LogP contribution in [-0.2, 0) is 11.2 Å². The summed E-state index contributed by atoms with van der Waals surface area (Å²) in [5.74, 6) is -0.717. The van der Waals surface area contributed by atoms with Crippen LogP contribution in [0.1, 0.15) is 32.9 Å². The molecule has 0 saturated heterocycles. The molecule has 0 saturated carbocycles. The third-order valence-electron chi connectivity index (χ3n) is 4.00. The summed E-state index contributed by atoms with van der Waals surface area (Å²) < 4.78 is 10.2. The van der Waals surface area contributed by atoms with Crippen LogP contribution in [0.25, 0.3) is 11.0 Å². The van der Waals surface area contributed by atoms with Crippen molar-refractivity contribution in [1.29, 1.82) is 0 Å². The Labute approximate surface area is 154 Å². The molecule has 0 unspecified atom stereocenters. The van der Waals surface area contributed by atoms with Gasteiger partial charge in [-0.25, -0.2) is 4.79 Å². The molecule has 1 heterocycles. The smallest absolute Gasteiger partial charge is 0.337 e. The summed E-state index contributed by atoms with van der Waals surface area (Å²) >= 11 is 6.05. The SMILES string of the molecule is COC(=O)c1ccc(CCC(=O)c2cc(=O)c3cccc(Cl)c3o2)cc1. The van der Waals surface area contributed by atoms with Gasteiger partial charge in [0.2, 0.25) is 0 Å². The molecule has 6 heteroatoms. The van der Waals surface area contributed by atoms with E-state index in [4.69, 9.17) is 16.0 Å². The standard InChI is InChI=1S/C20H15ClO5/c1-25-20(24)13-8-5-12(6-9-13)7-10-16(22)18-11-17(23)14-3-2-4-15(21)19(14)26-18/h2-6,8-9,11H,7,10H2,1H3. The third-order valence-corrected chi connectivity index (χ3v) is 4.29. The highest BCUT2D eigenvalue weighted by atomic mass is 35.5. The van der Waals surface area contributed by atoms with Crippen LogP contribution >= 0.6 is 11.6 Å². The lowest BCUT2D eigenvalue weighted by Gasteiger charge is -2.05. The van der Waals surface area contributed by atoms with Crippen molar-refractivity contribution < 1.29 is 18.7 Å². The molecule has 132 valence electrons. The molecule has 5 nitrogen and oxygen atoms in total. The van der Waals surface area contributed by atoms with Crippen molar-refractivity contribution in [2.24, 2.45) is 0 Å². The van der Waals surface area contributed by atoms with Crippen LogP contribution in [0.3, 0.4) is 0 Å². The number of methoxy groups -OCH3 is 1. The normalized spacial score (nSPS) is 10.7. The number of carbonyl (C=O) groups is 2. The average Bonchev–Trinajstić information content (AvgIpc) is 2.66. The van der Waals surface area contributed by atoms with Gasteiger partial charge < -0.3 is 9.15 Å². The Hall–Kier alpha value is -2.92. The van der Waals surface area contributed by atoms with Gasteiger partial charge in [0.05, 0.1) is 23.1 Å². The number of aryl methyl sites for hydroxylation is 1. The van der Waals surface area contributed by atoms with Crippen LogP contribution in [0.5, 0.6) is 0 Å². The van der Waals surface area contributed by atoms with E-state index in [1.807, 2.05) is 0 Å². The third kappa shape index (κ3) is 3.68. The number of esters is 1. The van der Waals surface area contributed by atoms with Crippen LogP contribution in [0.15, 0.2) is 57.7 Å². The lowest BCUT2D eigenvalue weighted by molar-refractivity contribution is 0.0600. The van der Waals surface area contributed by atoms with Crippen molar-refractivity contribution in [1.82, 2.24) is 0 Å². The van der Waals surface area contributed by atoms with Crippen molar-refractivity contribution in [2.75, 3.05) is 7.11 Å². The molecule has 1 aromatic heterocycles. The largest absolute Gasteiger partial charge is 0.465 e. The zero-order valence-corrected chi connectivity index (χ0v) is 14.7. The fourth-order valence-corrected chi connectivity index (χ4v) is 2.80. The summed E-state index contributed by atoms with van der Waals surface area (Å²) in [6.07, 6.45) is 0.612. The molecule has 0 atom stereocenters. The number of hydrogen-bond acceptors (Lipinski definition) is 5. The number of ketones is 1. The first-order valence-corrected chi connectivity index (χ1v) is 8.30. The quantitative estimate of drug-likeness (QED) is 0.500. The van der Waals surface area contributed by atoms with Crippen molar-refractivity contribution in [3.63, 3.8) is 0 Å². The number of benzene rings is 2. The van der Waals surface area contributed by atoms with E-state index < -0.39 is 5.97 Å². The monoisotopic (exact) mass is 370 g/mol. The molecule has 0 aliphatic heterocycles. The van der Waals surface area contributed by atoms with E-state index in [2.05, 4.69) is 4.74 Å². The highest BCUT2D eigenvalue weighted by Gasteiger charge is 2.14. The minimum absolute atomic E-state index is 0.0122. The average molecular weight is 371 g/mol. The highest BCUT2D eigenvalue weighted by Crippen LogP contribution is 2.22. The molecule has 0 radical (unpaired) electrons. The van der Waals surface area contributed by atoms with Crippen LogP contribution in [0, 0.1) is 0 Å². The number of ether oxygens (including phenoxy) is 1. The van der Waals surface area contributed by atoms with Crippen LogP contribution in [-0.4, -0.2) is 18.9 Å². The number of para-hydroxylation sites is 1. The second-order valence-corrected chi connectivity index (χ2v) is 6.11. The Morgan fingerprint density at radius 2 is 1.85 bits per heavy atom. The zero-order valence-electron chi connectivity index (χ0n) is 14.0. The Balaban J connectivity index is 1.76. The number of halogens is 1. The zero-order chi connectivity index (χ0) is 18.7. The van der Waals surface area contributed by atoms with Gasteiger partial charge in [0.1, 0.15) is 0 Å². The molecular formula is C20H15ClO5. The lowest BCUT2D eigenvalue weighted by atomic mass is 10.0. The van der Waals surface area contributed by atoms with E-state index in [0.29, 0.717) is 17.4 Å². The second kappa shape index (κ2) is 7.54. The molecule has 0 spiro atoms. The fourth-order valence-electron chi connectivity index (χ4n) is 2.59. The summed E-state index contributed by atoms with van der Waals surface area (Å²) in [5, 5.41) is 0.625. The summed E-state index contributed by atoms with van der Waals surface area (Å²) in [6, 6.07) is 12.8. The van der Waals surface area contributed by atoms with Gasteiger partial charge in [-0.15, -0.1) is 0 Å². The molecule has 0 aliphatic carbocycles. The van der Waals surface area contributed by atoms with Crippen LogP contribution in [0.2, 0.25) is 5.02 Å². The molecule has 3 rings (SSSR count). The summed E-state index contributed by atoms with van der Waals surface area (Å²) in [6.45, 7) is 0. The number of hydrogen-bond donors (Lipinski definition) is 0. The number of carbonyl (C=O) groups excluding carboxylic acids is 2. The molecule has 2 aromatic carbocycles. The van der Waals surface area contributed by atoms with E-state index in [-0.39, 0.29) is 34.0 Å². The lowest BCUT2D eigenvalue weighted by Crippen LogP contribution is -2.08. The van der Waals surface area contributed by atoms with Gasteiger partial charge in [0.15, 0.2) is 22.6 Å². The van der Waals surface area contributed by atoms with Crippen molar-refractivity contribution >= 4 is 34.3 Å². The first kappa shape index (κ1) is 17.9. The first-order valence-electron chi connectivity index (χ1n) is 7.92.